The summed E-state index contributed by atoms with van der Waals surface area (Å²) in [5.41, 5.74) is 3.77. The minimum atomic E-state index is -0.447. The fourth-order valence-corrected chi connectivity index (χ4v) is 3.52. The zero-order valence-electron chi connectivity index (χ0n) is 16.9. The summed E-state index contributed by atoms with van der Waals surface area (Å²) in [6.45, 7) is 3.95. The fourth-order valence-electron chi connectivity index (χ4n) is 2.69. The highest BCUT2D eigenvalue weighted by molar-refractivity contribution is 7.13. The molecular formula is C22H23NO5S. The molecule has 0 aliphatic carbocycles. The summed E-state index contributed by atoms with van der Waals surface area (Å²) in [6.07, 6.45) is 0. The maximum Gasteiger partial charge on any atom is 0.344 e. The molecule has 2 aromatic carbocycles. The number of methoxy groups -OCH3 is 2. The predicted molar refractivity (Wildman–Crippen MR) is 112 cm³/mol. The molecule has 0 unspecified atom stereocenters. The Bertz CT molecular complexity index is 999. The second-order valence-electron chi connectivity index (χ2n) is 6.38. The van der Waals surface area contributed by atoms with Crippen molar-refractivity contribution in [2.24, 2.45) is 0 Å². The molecule has 1 aromatic heterocycles. The van der Waals surface area contributed by atoms with E-state index in [2.05, 4.69) is 4.98 Å². The number of aryl methyl sites for hydroxylation is 2. The van der Waals surface area contributed by atoms with Gasteiger partial charge >= 0.3 is 5.97 Å². The van der Waals surface area contributed by atoms with Gasteiger partial charge in [-0.3, -0.25) is 0 Å². The molecule has 6 nitrogen and oxygen atoms in total. The Labute approximate surface area is 174 Å². The molecule has 0 N–H and O–H groups in total. The highest BCUT2D eigenvalue weighted by Gasteiger charge is 2.15. The Morgan fingerprint density at radius 1 is 1.07 bits per heavy atom. The summed E-state index contributed by atoms with van der Waals surface area (Å²) in [5.74, 6) is 1.45. The van der Waals surface area contributed by atoms with E-state index in [4.69, 9.17) is 18.9 Å². The molecule has 0 amide bonds. The number of para-hydroxylation sites is 1. The van der Waals surface area contributed by atoms with Crippen molar-refractivity contribution in [2.45, 2.75) is 20.5 Å². The first-order chi connectivity index (χ1) is 14.0. The number of carbonyl (C=O) groups excluding carboxylic acids is 1. The van der Waals surface area contributed by atoms with Crippen LogP contribution in [0.25, 0.3) is 10.6 Å². The fraction of sp³-hybridized carbons (Fsp3) is 0.273. The number of hydrogen-bond acceptors (Lipinski definition) is 7. The van der Waals surface area contributed by atoms with E-state index < -0.39 is 5.97 Å². The standard InChI is InChI=1S/C22H23NO5S/c1-14-8-9-17(10-15(14)2)27-12-20(24)28-11-16-13-29-22(23-16)18-6-5-7-19(25-3)21(18)26-4/h5-10,13H,11-12H2,1-4H3. The number of benzene rings is 2. The quantitative estimate of drug-likeness (QED) is 0.504. The van der Waals surface area contributed by atoms with Crippen LogP contribution in [0.4, 0.5) is 0 Å². The van der Waals surface area contributed by atoms with Gasteiger partial charge in [0.25, 0.3) is 0 Å². The second kappa shape index (κ2) is 9.43. The minimum Gasteiger partial charge on any atom is -0.493 e. The number of hydrogen-bond donors (Lipinski definition) is 0. The first kappa shape index (κ1) is 20.7. The Morgan fingerprint density at radius 3 is 2.62 bits per heavy atom. The van der Waals surface area contributed by atoms with E-state index in [1.807, 2.05) is 55.6 Å². The van der Waals surface area contributed by atoms with Gasteiger partial charge in [-0.15, -0.1) is 11.3 Å². The molecule has 7 heteroatoms. The molecule has 0 aliphatic rings. The predicted octanol–water partition coefficient (Wildman–Crippen LogP) is 4.57. The molecular weight excluding hydrogens is 390 g/mol. The van der Waals surface area contributed by atoms with Gasteiger partial charge < -0.3 is 18.9 Å². The number of ether oxygens (including phenoxy) is 4. The average Bonchev–Trinajstić information content (AvgIpc) is 3.21. The van der Waals surface area contributed by atoms with E-state index in [9.17, 15) is 4.79 Å². The number of esters is 1. The molecule has 152 valence electrons. The summed E-state index contributed by atoms with van der Waals surface area (Å²) >= 11 is 1.45. The zero-order chi connectivity index (χ0) is 20.8. The van der Waals surface area contributed by atoms with Crippen molar-refractivity contribution in [3.8, 4) is 27.8 Å². The van der Waals surface area contributed by atoms with E-state index in [0.717, 1.165) is 16.1 Å². The van der Waals surface area contributed by atoms with Gasteiger partial charge in [0.2, 0.25) is 0 Å². The minimum absolute atomic E-state index is 0.0813. The molecule has 0 saturated carbocycles. The van der Waals surface area contributed by atoms with Crippen molar-refractivity contribution in [1.82, 2.24) is 4.98 Å². The molecule has 0 radical (unpaired) electrons. The summed E-state index contributed by atoms with van der Waals surface area (Å²) in [5, 5.41) is 2.62. The van der Waals surface area contributed by atoms with Crippen molar-refractivity contribution < 1.29 is 23.7 Å². The van der Waals surface area contributed by atoms with Gasteiger partial charge in [-0.2, -0.15) is 0 Å². The molecule has 0 bridgehead atoms. The lowest BCUT2D eigenvalue weighted by Crippen LogP contribution is -2.15. The van der Waals surface area contributed by atoms with Crippen LogP contribution in [-0.4, -0.2) is 31.8 Å². The van der Waals surface area contributed by atoms with Crippen LogP contribution < -0.4 is 14.2 Å². The van der Waals surface area contributed by atoms with E-state index in [1.165, 1.54) is 16.9 Å². The van der Waals surface area contributed by atoms with Gasteiger partial charge in [-0.25, -0.2) is 9.78 Å². The lowest BCUT2D eigenvalue weighted by Gasteiger charge is -2.10. The highest BCUT2D eigenvalue weighted by Crippen LogP contribution is 2.39. The van der Waals surface area contributed by atoms with Crippen molar-refractivity contribution in [3.63, 3.8) is 0 Å². The van der Waals surface area contributed by atoms with Crippen LogP contribution in [0.3, 0.4) is 0 Å². The molecule has 1 heterocycles. The SMILES string of the molecule is COc1cccc(-c2nc(COC(=O)COc3ccc(C)c(C)c3)cs2)c1OC. The van der Waals surface area contributed by atoms with Crippen LogP contribution >= 0.6 is 11.3 Å². The Hall–Kier alpha value is -3.06. The summed E-state index contributed by atoms with van der Waals surface area (Å²) in [7, 11) is 3.18. The Balaban J connectivity index is 1.58. The molecule has 0 atom stereocenters. The third kappa shape index (κ3) is 5.06. The van der Waals surface area contributed by atoms with Crippen molar-refractivity contribution in [2.75, 3.05) is 20.8 Å². The summed E-state index contributed by atoms with van der Waals surface area (Å²) in [4.78, 5) is 16.5. The molecule has 29 heavy (non-hydrogen) atoms. The number of nitrogens with zero attached hydrogens (tertiary/aromatic N) is 1. The average molecular weight is 413 g/mol. The highest BCUT2D eigenvalue weighted by atomic mass is 32.1. The van der Waals surface area contributed by atoms with Gasteiger partial charge in [0.1, 0.15) is 17.4 Å². The van der Waals surface area contributed by atoms with Crippen LogP contribution in [0.5, 0.6) is 17.2 Å². The zero-order valence-corrected chi connectivity index (χ0v) is 17.7. The van der Waals surface area contributed by atoms with E-state index in [0.29, 0.717) is 22.9 Å². The lowest BCUT2D eigenvalue weighted by molar-refractivity contribution is -0.147. The van der Waals surface area contributed by atoms with Crippen molar-refractivity contribution in [3.05, 3.63) is 58.6 Å². The number of carbonyl (C=O) groups is 1. The van der Waals surface area contributed by atoms with Gasteiger partial charge in [0.15, 0.2) is 18.1 Å². The Morgan fingerprint density at radius 2 is 1.90 bits per heavy atom. The monoisotopic (exact) mass is 413 g/mol. The topological polar surface area (TPSA) is 66.9 Å². The van der Waals surface area contributed by atoms with Crippen molar-refractivity contribution in [1.29, 1.82) is 0 Å². The van der Waals surface area contributed by atoms with Crippen LogP contribution in [0.15, 0.2) is 41.8 Å². The van der Waals surface area contributed by atoms with Crippen LogP contribution in [0, 0.1) is 13.8 Å². The molecule has 3 aromatic rings. The van der Waals surface area contributed by atoms with Crippen molar-refractivity contribution >= 4 is 17.3 Å². The van der Waals surface area contributed by atoms with Crippen LogP contribution in [0.1, 0.15) is 16.8 Å². The van der Waals surface area contributed by atoms with Gasteiger partial charge in [0.05, 0.1) is 25.5 Å². The van der Waals surface area contributed by atoms with Crippen LogP contribution in [-0.2, 0) is 16.1 Å². The number of rotatable bonds is 8. The van der Waals surface area contributed by atoms with Gasteiger partial charge in [-0.1, -0.05) is 12.1 Å². The Kier molecular flexibility index (Phi) is 6.72. The largest absolute Gasteiger partial charge is 0.493 e. The molecule has 0 spiro atoms. The van der Waals surface area contributed by atoms with Crippen LogP contribution in [0.2, 0.25) is 0 Å². The summed E-state index contributed by atoms with van der Waals surface area (Å²) in [6, 6.07) is 11.3. The normalized spacial score (nSPS) is 10.5. The maximum absolute atomic E-state index is 12.0. The second-order valence-corrected chi connectivity index (χ2v) is 7.24. The van der Waals surface area contributed by atoms with E-state index >= 15 is 0 Å². The maximum atomic E-state index is 12.0. The third-order valence-electron chi connectivity index (χ3n) is 4.40. The van der Waals surface area contributed by atoms with E-state index in [1.54, 1.807) is 14.2 Å². The first-order valence-electron chi connectivity index (χ1n) is 9.03. The number of thiazole rings is 1. The lowest BCUT2D eigenvalue weighted by atomic mass is 10.1. The molecule has 3 rings (SSSR count). The molecule has 0 aliphatic heterocycles. The molecule has 0 fully saturated rings. The third-order valence-corrected chi connectivity index (χ3v) is 5.33. The number of aromatic nitrogens is 1. The first-order valence-corrected chi connectivity index (χ1v) is 9.91. The smallest absolute Gasteiger partial charge is 0.344 e. The van der Waals surface area contributed by atoms with Gasteiger partial charge in [-0.05, 0) is 49.2 Å². The van der Waals surface area contributed by atoms with Gasteiger partial charge in [0, 0.05) is 5.38 Å². The van der Waals surface area contributed by atoms with E-state index in [-0.39, 0.29) is 13.2 Å². The summed E-state index contributed by atoms with van der Waals surface area (Å²) < 4.78 is 21.6. The molecule has 0 saturated heterocycles.